The number of hydrogen-bond acceptors (Lipinski definition) is 3. The van der Waals surface area contributed by atoms with Crippen LogP contribution in [0.3, 0.4) is 0 Å². The fourth-order valence-corrected chi connectivity index (χ4v) is 2.62. The van der Waals surface area contributed by atoms with Crippen LogP contribution in [0, 0.1) is 0 Å². The van der Waals surface area contributed by atoms with Crippen molar-refractivity contribution in [3.8, 4) is 0 Å². The first-order chi connectivity index (χ1) is 11.2. The maximum Gasteiger partial charge on any atom is 0.191 e. The van der Waals surface area contributed by atoms with E-state index in [1.807, 2.05) is 13.0 Å². The van der Waals surface area contributed by atoms with Crippen molar-refractivity contribution in [2.45, 2.75) is 38.2 Å². The normalized spacial score (nSPS) is 17.7. The van der Waals surface area contributed by atoms with Crippen molar-refractivity contribution < 1.29 is 9.84 Å². The van der Waals surface area contributed by atoms with Gasteiger partial charge >= 0.3 is 0 Å². The molecule has 0 bridgehead atoms. The molecule has 5 nitrogen and oxygen atoms in total. The number of ether oxygens (including phenoxy) is 1. The van der Waals surface area contributed by atoms with Crippen LogP contribution < -0.4 is 10.6 Å². The van der Waals surface area contributed by atoms with Crippen LogP contribution in [-0.2, 0) is 11.2 Å². The Balaban J connectivity index is 1.75. The predicted molar refractivity (Wildman–Crippen MR) is 93.7 cm³/mol. The third kappa shape index (κ3) is 6.59. The number of aliphatic imine (C=N–C) groups is 1. The zero-order valence-electron chi connectivity index (χ0n) is 14.1. The molecule has 128 valence electrons. The maximum atomic E-state index is 10.5. The van der Waals surface area contributed by atoms with Crippen LogP contribution in [-0.4, -0.2) is 49.5 Å². The standard InChI is InChI=1S/C18H29N3O2/c1-2-19-17(21-15-18(22)10-13-23-14-11-18)20-12-6-9-16-7-4-3-5-8-16/h3-5,7-8,22H,2,6,9-15H2,1H3,(H2,19,20,21). The molecule has 0 aliphatic carbocycles. The molecule has 0 aromatic heterocycles. The summed E-state index contributed by atoms with van der Waals surface area (Å²) in [6.45, 7) is 5.38. The highest BCUT2D eigenvalue weighted by Crippen LogP contribution is 2.20. The largest absolute Gasteiger partial charge is 0.388 e. The second kappa shape index (κ2) is 9.53. The average molecular weight is 319 g/mol. The summed E-state index contributed by atoms with van der Waals surface area (Å²) >= 11 is 0. The molecule has 5 heteroatoms. The summed E-state index contributed by atoms with van der Waals surface area (Å²) in [4.78, 5) is 4.54. The van der Waals surface area contributed by atoms with Crippen LogP contribution in [0.25, 0.3) is 0 Å². The molecule has 0 saturated carbocycles. The highest BCUT2D eigenvalue weighted by Gasteiger charge is 2.29. The third-order valence-corrected chi connectivity index (χ3v) is 4.08. The molecule has 0 spiro atoms. The van der Waals surface area contributed by atoms with E-state index in [1.165, 1.54) is 5.56 Å². The Labute approximate surface area is 139 Å². The summed E-state index contributed by atoms with van der Waals surface area (Å²) in [5, 5.41) is 17.0. The Bertz CT molecular complexity index is 470. The highest BCUT2D eigenvalue weighted by atomic mass is 16.5. The van der Waals surface area contributed by atoms with Crippen molar-refractivity contribution in [3.05, 3.63) is 35.9 Å². The number of nitrogens with one attached hydrogen (secondary N) is 2. The molecule has 1 aliphatic rings. The number of aryl methyl sites for hydroxylation is 1. The molecule has 1 fully saturated rings. The number of nitrogens with zero attached hydrogens (tertiary/aromatic N) is 1. The van der Waals surface area contributed by atoms with Crippen LogP contribution in [0.1, 0.15) is 31.7 Å². The van der Waals surface area contributed by atoms with Crippen LogP contribution in [0.4, 0.5) is 0 Å². The van der Waals surface area contributed by atoms with Gasteiger partial charge in [-0.15, -0.1) is 0 Å². The number of benzene rings is 1. The average Bonchev–Trinajstić information content (AvgIpc) is 2.58. The first-order valence-corrected chi connectivity index (χ1v) is 8.58. The van der Waals surface area contributed by atoms with E-state index in [4.69, 9.17) is 4.74 Å². The lowest BCUT2D eigenvalue weighted by Crippen LogP contribution is -2.42. The second-order valence-corrected chi connectivity index (χ2v) is 6.05. The second-order valence-electron chi connectivity index (χ2n) is 6.05. The summed E-state index contributed by atoms with van der Waals surface area (Å²) in [7, 11) is 0. The first kappa shape index (κ1) is 17.8. The fraction of sp³-hybridized carbons (Fsp3) is 0.611. The van der Waals surface area contributed by atoms with Gasteiger partial charge in [-0.1, -0.05) is 30.3 Å². The van der Waals surface area contributed by atoms with Crippen LogP contribution in [0.2, 0.25) is 0 Å². The Morgan fingerprint density at radius 2 is 1.96 bits per heavy atom. The Morgan fingerprint density at radius 1 is 1.22 bits per heavy atom. The monoisotopic (exact) mass is 319 g/mol. The van der Waals surface area contributed by atoms with Gasteiger partial charge in [-0.3, -0.25) is 4.99 Å². The van der Waals surface area contributed by atoms with Crippen molar-refractivity contribution in [3.63, 3.8) is 0 Å². The molecule has 0 radical (unpaired) electrons. The topological polar surface area (TPSA) is 65.9 Å². The molecule has 1 aliphatic heterocycles. The van der Waals surface area contributed by atoms with Gasteiger partial charge < -0.3 is 20.5 Å². The van der Waals surface area contributed by atoms with Gasteiger partial charge in [-0.05, 0) is 25.3 Å². The zero-order valence-corrected chi connectivity index (χ0v) is 14.1. The van der Waals surface area contributed by atoms with Gasteiger partial charge in [0.05, 0.1) is 12.1 Å². The van der Waals surface area contributed by atoms with E-state index >= 15 is 0 Å². The van der Waals surface area contributed by atoms with E-state index in [0.717, 1.165) is 31.9 Å². The van der Waals surface area contributed by atoms with Gasteiger partial charge in [0.25, 0.3) is 0 Å². The molecule has 0 unspecified atom stereocenters. The van der Waals surface area contributed by atoms with Gasteiger partial charge in [-0.2, -0.15) is 0 Å². The molecule has 0 atom stereocenters. The minimum Gasteiger partial charge on any atom is -0.388 e. The minimum atomic E-state index is -0.718. The van der Waals surface area contributed by atoms with Gasteiger partial charge in [-0.25, -0.2) is 0 Å². The lowest BCUT2D eigenvalue weighted by molar-refractivity contribution is -0.0565. The lowest BCUT2D eigenvalue weighted by atomic mass is 9.95. The van der Waals surface area contributed by atoms with Crippen LogP contribution in [0.15, 0.2) is 35.3 Å². The van der Waals surface area contributed by atoms with E-state index in [1.54, 1.807) is 0 Å². The molecular weight excluding hydrogens is 290 g/mol. The third-order valence-electron chi connectivity index (χ3n) is 4.08. The van der Waals surface area contributed by atoms with Crippen molar-refractivity contribution in [2.24, 2.45) is 4.99 Å². The lowest BCUT2D eigenvalue weighted by Gasteiger charge is -2.30. The molecule has 1 aromatic rings. The quantitative estimate of drug-likeness (QED) is 0.407. The summed E-state index contributed by atoms with van der Waals surface area (Å²) < 4.78 is 5.30. The maximum absolute atomic E-state index is 10.5. The molecule has 1 aromatic carbocycles. The van der Waals surface area contributed by atoms with E-state index in [0.29, 0.717) is 32.6 Å². The van der Waals surface area contributed by atoms with Gasteiger partial charge in [0.1, 0.15) is 0 Å². The van der Waals surface area contributed by atoms with Gasteiger partial charge in [0.2, 0.25) is 0 Å². The summed E-state index contributed by atoms with van der Waals surface area (Å²) in [5.41, 5.74) is 0.637. The van der Waals surface area contributed by atoms with Crippen LogP contribution in [0.5, 0.6) is 0 Å². The molecule has 23 heavy (non-hydrogen) atoms. The van der Waals surface area contributed by atoms with E-state index in [2.05, 4.69) is 39.9 Å². The number of hydrogen-bond donors (Lipinski definition) is 3. The van der Waals surface area contributed by atoms with E-state index in [-0.39, 0.29) is 0 Å². The molecule has 1 saturated heterocycles. The fourth-order valence-electron chi connectivity index (χ4n) is 2.62. The van der Waals surface area contributed by atoms with Crippen molar-refractivity contribution in [1.82, 2.24) is 10.6 Å². The molecule has 3 N–H and O–H groups in total. The number of aliphatic hydroxyl groups is 1. The van der Waals surface area contributed by atoms with Gasteiger partial charge in [0.15, 0.2) is 5.96 Å². The first-order valence-electron chi connectivity index (χ1n) is 8.58. The number of guanidine groups is 1. The molecule has 0 amide bonds. The van der Waals surface area contributed by atoms with E-state index < -0.39 is 5.60 Å². The zero-order chi connectivity index (χ0) is 16.4. The van der Waals surface area contributed by atoms with Crippen molar-refractivity contribution in [1.29, 1.82) is 0 Å². The number of rotatable bonds is 7. The molecular formula is C18H29N3O2. The Morgan fingerprint density at radius 3 is 2.65 bits per heavy atom. The van der Waals surface area contributed by atoms with Crippen molar-refractivity contribution >= 4 is 5.96 Å². The molecule has 2 rings (SSSR count). The van der Waals surface area contributed by atoms with Gasteiger partial charge in [0, 0.05) is 39.1 Å². The Hall–Kier alpha value is -1.59. The molecule has 1 heterocycles. The van der Waals surface area contributed by atoms with Crippen LogP contribution >= 0.6 is 0 Å². The minimum absolute atomic E-state index is 0.421. The summed E-state index contributed by atoms with van der Waals surface area (Å²) in [6, 6.07) is 10.5. The van der Waals surface area contributed by atoms with Crippen molar-refractivity contribution in [2.75, 3.05) is 32.8 Å². The smallest absolute Gasteiger partial charge is 0.191 e. The summed E-state index contributed by atoms with van der Waals surface area (Å²) in [5.74, 6) is 0.778. The Kier molecular flexibility index (Phi) is 7.36. The summed E-state index contributed by atoms with van der Waals surface area (Å²) in [6.07, 6.45) is 3.41. The van der Waals surface area contributed by atoms with E-state index in [9.17, 15) is 5.11 Å². The predicted octanol–water partition coefficient (Wildman–Crippen LogP) is 1.72. The highest BCUT2D eigenvalue weighted by molar-refractivity contribution is 5.79. The SMILES string of the molecule is CCNC(=NCC1(O)CCOCC1)NCCCc1ccccc1.